The van der Waals surface area contributed by atoms with Gasteiger partial charge in [-0.05, 0) is 37.1 Å². The van der Waals surface area contributed by atoms with Crippen molar-refractivity contribution in [2.24, 2.45) is 0 Å². The second kappa shape index (κ2) is 10.3. The van der Waals surface area contributed by atoms with E-state index >= 15 is 0 Å². The van der Waals surface area contributed by atoms with Gasteiger partial charge in [-0.25, -0.2) is 4.79 Å². The van der Waals surface area contributed by atoms with Gasteiger partial charge in [0.15, 0.2) is 11.5 Å². The molecular formula is C18H20ClNO4. The molecule has 0 amide bonds. The molecule has 0 heterocycles. The maximum Gasteiger partial charge on any atom is 0.349 e. The summed E-state index contributed by atoms with van der Waals surface area (Å²) < 4.78 is 16.0. The summed E-state index contributed by atoms with van der Waals surface area (Å²) >= 11 is 6.25. The number of hydrogen-bond donors (Lipinski definition) is 0. The monoisotopic (exact) mass is 349 g/mol. The van der Waals surface area contributed by atoms with E-state index in [2.05, 4.69) is 6.58 Å². The van der Waals surface area contributed by atoms with Gasteiger partial charge in [0, 0.05) is 0 Å². The number of esters is 1. The molecule has 0 N–H and O–H groups in total. The van der Waals surface area contributed by atoms with E-state index in [1.54, 1.807) is 12.1 Å². The van der Waals surface area contributed by atoms with Crippen molar-refractivity contribution in [3.05, 3.63) is 40.9 Å². The summed E-state index contributed by atoms with van der Waals surface area (Å²) in [5, 5.41) is 9.48. The number of nitriles is 1. The minimum Gasteiger partial charge on any atom is -0.490 e. The fourth-order valence-corrected chi connectivity index (χ4v) is 2.07. The van der Waals surface area contributed by atoms with E-state index in [4.69, 9.17) is 31.1 Å². The lowest BCUT2D eigenvalue weighted by Crippen LogP contribution is -2.06. The van der Waals surface area contributed by atoms with Crippen LogP contribution in [0.4, 0.5) is 0 Å². The third-order valence-electron chi connectivity index (χ3n) is 2.77. The van der Waals surface area contributed by atoms with Crippen LogP contribution in [0.25, 0.3) is 6.08 Å². The molecule has 5 nitrogen and oxygen atoms in total. The predicted octanol–water partition coefficient (Wildman–Crippen LogP) is 4.16. The normalized spacial score (nSPS) is 10.7. The van der Waals surface area contributed by atoms with Crippen molar-refractivity contribution < 1.29 is 19.0 Å². The molecule has 1 aromatic carbocycles. The Morgan fingerprint density at radius 3 is 2.71 bits per heavy atom. The van der Waals surface area contributed by atoms with E-state index in [-0.39, 0.29) is 12.2 Å². The molecule has 128 valence electrons. The summed E-state index contributed by atoms with van der Waals surface area (Å²) in [5.74, 6) is 0.185. The van der Waals surface area contributed by atoms with Crippen LogP contribution in [0.2, 0.25) is 5.02 Å². The zero-order valence-corrected chi connectivity index (χ0v) is 14.6. The van der Waals surface area contributed by atoms with Crippen LogP contribution < -0.4 is 9.47 Å². The lowest BCUT2D eigenvalue weighted by Gasteiger charge is -2.14. The quantitative estimate of drug-likeness (QED) is 0.290. The maximum absolute atomic E-state index is 11.8. The smallest absolute Gasteiger partial charge is 0.349 e. The Kier molecular flexibility index (Phi) is 8.45. The van der Waals surface area contributed by atoms with Gasteiger partial charge < -0.3 is 14.2 Å². The van der Waals surface area contributed by atoms with Crippen LogP contribution in [0.5, 0.6) is 11.5 Å². The average Bonchev–Trinajstić information content (AvgIpc) is 2.57. The first-order chi connectivity index (χ1) is 11.6. The van der Waals surface area contributed by atoms with Gasteiger partial charge in [-0.15, -0.1) is 0 Å². The zero-order valence-electron chi connectivity index (χ0n) is 13.8. The fraction of sp³-hybridized carbons (Fsp3) is 0.333. The molecule has 0 spiro atoms. The van der Waals surface area contributed by atoms with Crippen LogP contribution in [0.15, 0.2) is 30.4 Å². The summed E-state index contributed by atoms with van der Waals surface area (Å²) in [6.45, 7) is 8.25. The number of nitrogens with zero attached hydrogens (tertiary/aromatic N) is 1. The first kappa shape index (κ1) is 19.6. The number of benzene rings is 1. The Bertz CT molecular complexity index is 662. The minimum absolute atomic E-state index is 0.0343. The van der Waals surface area contributed by atoms with Crippen LogP contribution in [0, 0.1) is 11.3 Å². The molecule has 0 aliphatic heterocycles. The zero-order chi connectivity index (χ0) is 17.9. The lowest BCUT2D eigenvalue weighted by molar-refractivity contribution is -0.137. The molecule has 0 saturated heterocycles. The van der Waals surface area contributed by atoms with E-state index in [0.717, 1.165) is 6.42 Å². The van der Waals surface area contributed by atoms with Crippen LogP contribution >= 0.6 is 11.6 Å². The van der Waals surface area contributed by atoms with Gasteiger partial charge in [-0.1, -0.05) is 31.2 Å². The Hall–Kier alpha value is -2.45. The summed E-state index contributed by atoms with van der Waals surface area (Å²) in [5.41, 5.74) is 0.400. The summed E-state index contributed by atoms with van der Waals surface area (Å²) in [6.07, 6.45) is 3.65. The van der Waals surface area contributed by atoms with Crippen molar-refractivity contribution in [2.45, 2.75) is 20.3 Å². The van der Waals surface area contributed by atoms with Crippen molar-refractivity contribution in [1.82, 2.24) is 0 Å². The van der Waals surface area contributed by atoms with Gasteiger partial charge in [-0.2, -0.15) is 5.26 Å². The molecule has 0 radical (unpaired) electrons. The molecule has 0 atom stereocenters. The minimum atomic E-state index is -0.724. The fourth-order valence-electron chi connectivity index (χ4n) is 1.79. The van der Waals surface area contributed by atoms with Crippen molar-refractivity contribution >= 4 is 23.6 Å². The number of rotatable bonds is 9. The Balaban J connectivity index is 3.19. The molecular weight excluding hydrogens is 330 g/mol. The molecule has 0 aliphatic carbocycles. The topological polar surface area (TPSA) is 68.6 Å². The van der Waals surface area contributed by atoms with Gasteiger partial charge in [0.2, 0.25) is 0 Å². The molecule has 0 bridgehead atoms. The highest BCUT2D eigenvalue weighted by molar-refractivity contribution is 6.32. The van der Waals surface area contributed by atoms with Crippen LogP contribution in [0.3, 0.4) is 0 Å². The maximum atomic E-state index is 11.8. The molecule has 0 unspecified atom stereocenters. The van der Waals surface area contributed by atoms with Gasteiger partial charge in [0.25, 0.3) is 0 Å². The van der Waals surface area contributed by atoms with E-state index in [1.165, 1.54) is 12.2 Å². The molecule has 0 saturated carbocycles. The van der Waals surface area contributed by atoms with Gasteiger partial charge in [-0.3, -0.25) is 0 Å². The number of hydrogen-bond acceptors (Lipinski definition) is 5. The summed E-state index contributed by atoms with van der Waals surface area (Å²) in [7, 11) is 0. The highest BCUT2D eigenvalue weighted by Crippen LogP contribution is 2.37. The van der Waals surface area contributed by atoms with Gasteiger partial charge >= 0.3 is 5.97 Å². The summed E-state index contributed by atoms with van der Waals surface area (Å²) in [4.78, 5) is 11.8. The van der Waals surface area contributed by atoms with Crippen molar-refractivity contribution in [2.75, 3.05) is 19.8 Å². The molecule has 6 heteroatoms. The van der Waals surface area contributed by atoms with Crippen molar-refractivity contribution in [3.8, 4) is 17.6 Å². The molecule has 0 aromatic heterocycles. The van der Waals surface area contributed by atoms with E-state index < -0.39 is 5.97 Å². The Labute approximate surface area is 147 Å². The molecule has 0 fully saturated rings. The standard InChI is InChI=1S/C18H20ClNO4/c1-4-7-23-17-15(19)10-13(11-16(17)22-6-3)9-14(12-20)18(21)24-8-5-2/h5,9-11H,2,4,6-8H2,1,3H3/b14-9-. The first-order valence-corrected chi connectivity index (χ1v) is 7.94. The number of carbonyl (C=O) groups excluding carboxylic acids is 1. The molecule has 24 heavy (non-hydrogen) atoms. The van der Waals surface area contributed by atoms with Crippen LogP contribution in [-0.4, -0.2) is 25.8 Å². The SMILES string of the molecule is C=CCOC(=O)/C(C#N)=C\c1cc(Cl)c(OCCC)c(OCC)c1. The highest BCUT2D eigenvalue weighted by atomic mass is 35.5. The average molecular weight is 350 g/mol. The number of ether oxygens (including phenoxy) is 3. The van der Waals surface area contributed by atoms with Crippen molar-refractivity contribution in [3.63, 3.8) is 0 Å². The van der Waals surface area contributed by atoms with E-state index in [0.29, 0.717) is 35.3 Å². The Morgan fingerprint density at radius 1 is 1.38 bits per heavy atom. The molecule has 1 rings (SSSR count). The van der Waals surface area contributed by atoms with Crippen molar-refractivity contribution in [1.29, 1.82) is 5.26 Å². The second-order valence-corrected chi connectivity index (χ2v) is 5.08. The van der Waals surface area contributed by atoms with Crippen LogP contribution in [-0.2, 0) is 9.53 Å². The number of halogens is 1. The predicted molar refractivity (Wildman–Crippen MR) is 93.2 cm³/mol. The lowest BCUT2D eigenvalue weighted by atomic mass is 10.1. The second-order valence-electron chi connectivity index (χ2n) is 4.67. The third-order valence-corrected chi connectivity index (χ3v) is 3.05. The highest BCUT2D eigenvalue weighted by Gasteiger charge is 2.14. The number of carbonyl (C=O) groups is 1. The Morgan fingerprint density at radius 2 is 2.12 bits per heavy atom. The van der Waals surface area contributed by atoms with Crippen LogP contribution in [0.1, 0.15) is 25.8 Å². The van der Waals surface area contributed by atoms with E-state index in [9.17, 15) is 4.79 Å². The summed E-state index contributed by atoms with van der Waals surface area (Å²) in [6, 6.07) is 5.09. The molecule has 1 aromatic rings. The van der Waals surface area contributed by atoms with E-state index in [1.807, 2.05) is 19.9 Å². The van der Waals surface area contributed by atoms with Gasteiger partial charge in [0.1, 0.15) is 18.2 Å². The van der Waals surface area contributed by atoms with Gasteiger partial charge in [0.05, 0.1) is 18.2 Å². The largest absolute Gasteiger partial charge is 0.490 e. The third kappa shape index (κ3) is 5.64. The first-order valence-electron chi connectivity index (χ1n) is 7.56. The molecule has 0 aliphatic rings.